The van der Waals surface area contributed by atoms with Crippen molar-refractivity contribution >= 4 is 31.8 Å². The minimum atomic E-state index is -3.63. The molecule has 0 aromatic carbocycles. The van der Waals surface area contributed by atoms with E-state index in [1.54, 1.807) is 24.1 Å². The lowest BCUT2D eigenvalue weighted by Crippen LogP contribution is -2.27. The van der Waals surface area contributed by atoms with E-state index >= 15 is 0 Å². The molecule has 0 unspecified atom stereocenters. The maximum Gasteiger partial charge on any atom is 0.244 e. The summed E-state index contributed by atoms with van der Waals surface area (Å²) in [6.07, 6.45) is 3.79. The topological polar surface area (TPSA) is 88.9 Å². The molecule has 9 heteroatoms. The molecule has 2 aromatic heterocycles. The van der Waals surface area contributed by atoms with E-state index in [-0.39, 0.29) is 11.4 Å². The second-order valence-electron chi connectivity index (χ2n) is 4.34. The molecule has 0 amide bonds. The number of sulfonamides is 1. The van der Waals surface area contributed by atoms with Gasteiger partial charge in [0.25, 0.3) is 0 Å². The first-order chi connectivity index (χ1) is 9.94. The van der Waals surface area contributed by atoms with Crippen LogP contribution in [-0.4, -0.2) is 36.8 Å². The standard InChI is InChI=1S/C12H16BrN5O2S/c1-14-12-11(7-9(13)8-15-12)21(19,20)17-6-4-10-3-5-16-18(10)2/h3,5,7-8,17H,4,6H2,1-2H3,(H,14,15). The predicted octanol–water partition coefficient (Wildman–Crippen LogP) is 1.14. The molecule has 0 saturated carbocycles. The number of nitrogens with zero attached hydrogens (tertiary/aromatic N) is 3. The zero-order chi connectivity index (χ0) is 15.5. The number of hydrogen-bond acceptors (Lipinski definition) is 5. The molecule has 0 fully saturated rings. The smallest absolute Gasteiger partial charge is 0.244 e. The van der Waals surface area contributed by atoms with Crippen LogP contribution in [0.3, 0.4) is 0 Å². The molecule has 2 heterocycles. The Kier molecular flexibility index (Phi) is 4.96. The molecule has 0 spiro atoms. The number of pyridine rings is 1. The van der Waals surface area contributed by atoms with Crippen molar-refractivity contribution in [3.05, 3.63) is 34.7 Å². The molecule has 0 aliphatic heterocycles. The number of aromatic nitrogens is 3. The Labute approximate surface area is 132 Å². The summed E-state index contributed by atoms with van der Waals surface area (Å²) in [5.74, 6) is 0.311. The Bertz CT molecular complexity index is 729. The van der Waals surface area contributed by atoms with Crippen LogP contribution < -0.4 is 10.0 Å². The first-order valence-corrected chi connectivity index (χ1v) is 8.51. The van der Waals surface area contributed by atoms with E-state index in [1.807, 2.05) is 13.1 Å². The van der Waals surface area contributed by atoms with Crippen molar-refractivity contribution < 1.29 is 8.42 Å². The average molecular weight is 374 g/mol. The van der Waals surface area contributed by atoms with Crippen LogP contribution in [0.2, 0.25) is 0 Å². The third kappa shape index (κ3) is 3.80. The van der Waals surface area contributed by atoms with Gasteiger partial charge >= 0.3 is 0 Å². The lowest BCUT2D eigenvalue weighted by atomic mass is 10.3. The number of halogens is 1. The predicted molar refractivity (Wildman–Crippen MR) is 83.6 cm³/mol. The molecular formula is C12H16BrN5O2S. The van der Waals surface area contributed by atoms with Crippen molar-refractivity contribution in [1.82, 2.24) is 19.5 Å². The Morgan fingerprint density at radius 2 is 2.19 bits per heavy atom. The molecule has 0 saturated heterocycles. The van der Waals surface area contributed by atoms with Gasteiger partial charge in [-0.1, -0.05) is 0 Å². The summed E-state index contributed by atoms with van der Waals surface area (Å²) in [5.41, 5.74) is 0.957. The molecule has 2 N–H and O–H groups in total. The number of nitrogens with one attached hydrogen (secondary N) is 2. The number of anilines is 1. The highest BCUT2D eigenvalue weighted by Crippen LogP contribution is 2.22. The Balaban J connectivity index is 2.12. The van der Waals surface area contributed by atoms with E-state index in [0.29, 0.717) is 16.7 Å². The zero-order valence-electron chi connectivity index (χ0n) is 11.7. The van der Waals surface area contributed by atoms with Gasteiger partial charge in [-0.05, 0) is 28.1 Å². The lowest BCUT2D eigenvalue weighted by molar-refractivity contribution is 0.579. The highest BCUT2D eigenvalue weighted by Gasteiger charge is 2.19. The van der Waals surface area contributed by atoms with Crippen LogP contribution in [0.4, 0.5) is 5.82 Å². The maximum absolute atomic E-state index is 12.3. The van der Waals surface area contributed by atoms with Crippen molar-refractivity contribution in [2.24, 2.45) is 7.05 Å². The Morgan fingerprint density at radius 1 is 1.43 bits per heavy atom. The summed E-state index contributed by atoms with van der Waals surface area (Å²) in [4.78, 5) is 4.16. The first kappa shape index (κ1) is 15.9. The minimum absolute atomic E-state index is 0.115. The van der Waals surface area contributed by atoms with Gasteiger partial charge < -0.3 is 5.32 Å². The summed E-state index contributed by atoms with van der Waals surface area (Å²) in [7, 11) is -0.176. The molecule has 7 nitrogen and oxygen atoms in total. The molecule has 2 aromatic rings. The molecule has 0 atom stereocenters. The number of rotatable bonds is 6. The van der Waals surface area contributed by atoms with E-state index in [4.69, 9.17) is 0 Å². The fraction of sp³-hybridized carbons (Fsp3) is 0.333. The van der Waals surface area contributed by atoms with E-state index in [9.17, 15) is 8.42 Å². The van der Waals surface area contributed by atoms with Gasteiger partial charge in [0, 0.05) is 49.6 Å². The highest BCUT2D eigenvalue weighted by atomic mass is 79.9. The van der Waals surface area contributed by atoms with E-state index in [0.717, 1.165) is 5.69 Å². The van der Waals surface area contributed by atoms with Crippen LogP contribution in [-0.2, 0) is 23.5 Å². The van der Waals surface area contributed by atoms with Crippen LogP contribution in [0.25, 0.3) is 0 Å². The molecule has 0 aliphatic rings. The van der Waals surface area contributed by atoms with Gasteiger partial charge in [0.2, 0.25) is 10.0 Å². The van der Waals surface area contributed by atoms with Crippen molar-refractivity contribution in [2.75, 3.05) is 18.9 Å². The van der Waals surface area contributed by atoms with Gasteiger partial charge in [0.1, 0.15) is 10.7 Å². The quantitative estimate of drug-likeness (QED) is 0.792. The summed E-state index contributed by atoms with van der Waals surface area (Å²) in [6.45, 7) is 0.289. The first-order valence-electron chi connectivity index (χ1n) is 6.24. The summed E-state index contributed by atoms with van der Waals surface area (Å²) in [6, 6.07) is 3.37. The summed E-state index contributed by atoms with van der Waals surface area (Å²) in [5, 5.41) is 6.82. The van der Waals surface area contributed by atoms with Gasteiger partial charge in [0.15, 0.2) is 0 Å². The van der Waals surface area contributed by atoms with Gasteiger partial charge in [-0.3, -0.25) is 4.68 Å². The molecule has 2 rings (SSSR count). The molecular weight excluding hydrogens is 358 g/mol. The Hall–Kier alpha value is -1.45. The third-order valence-electron chi connectivity index (χ3n) is 2.94. The van der Waals surface area contributed by atoms with Crippen LogP contribution in [0.15, 0.2) is 33.9 Å². The normalized spacial score (nSPS) is 11.6. The zero-order valence-corrected chi connectivity index (χ0v) is 14.1. The summed E-state index contributed by atoms with van der Waals surface area (Å²) >= 11 is 3.23. The molecule has 21 heavy (non-hydrogen) atoms. The maximum atomic E-state index is 12.3. The number of hydrogen-bond donors (Lipinski definition) is 2. The van der Waals surface area contributed by atoms with E-state index in [1.165, 1.54) is 6.07 Å². The largest absolute Gasteiger partial charge is 0.372 e. The van der Waals surface area contributed by atoms with Crippen LogP contribution in [0.5, 0.6) is 0 Å². The van der Waals surface area contributed by atoms with E-state index in [2.05, 4.69) is 36.1 Å². The fourth-order valence-corrected chi connectivity index (χ4v) is 3.55. The Morgan fingerprint density at radius 3 is 2.81 bits per heavy atom. The molecule has 0 aliphatic carbocycles. The SMILES string of the molecule is CNc1ncc(Br)cc1S(=O)(=O)NCCc1ccnn1C. The van der Waals surface area contributed by atoms with Gasteiger partial charge in [0.05, 0.1) is 0 Å². The van der Waals surface area contributed by atoms with Crippen molar-refractivity contribution in [1.29, 1.82) is 0 Å². The third-order valence-corrected chi connectivity index (χ3v) is 4.85. The lowest BCUT2D eigenvalue weighted by Gasteiger charge is -2.11. The second-order valence-corrected chi connectivity index (χ2v) is 7.00. The van der Waals surface area contributed by atoms with Crippen molar-refractivity contribution in [2.45, 2.75) is 11.3 Å². The van der Waals surface area contributed by atoms with Crippen LogP contribution in [0, 0.1) is 0 Å². The second kappa shape index (κ2) is 6.54. The molecule has 0 radical (unpaired) electrons. The molecule has 114 valence electrons. The van der Waals surface area contributed by atoms with Gasteiger partial charge in [-0.15, -0.1) is 0 Å². The number of aryl methyl sites for hydroxylation is 1. The average Bonchev–Trinajstić information content (AvgIpc) is 2.84. The van der Waals surface area contributed by atoms with Gasteiger partial charge in [-0.2, -0.15) is 5.10 Å². The highest BCUT2D eigenvalue weighted by molar-refractivity contribution is 9.10. The fourth-order valence-electron chi connectivity index (χ4n) is 1.85. The minimum Gasteiger partial charge on any atom is -0.372 e. The van der Waals surface area contributed by atoms with Crippen LogP contribution in [0.1, 0.15) is 5.69 Å². The van der Waals surface area contributed by atoms with Gasteiger partial charge in [-0.25, -0.2) is 18.1 Å². The monoisotopic (exact) mass is 373 g/mol. The summed E-state index contributed by atoms with van der Waals surface area (Å²) < 4.78 is 29.6. The van der Waals surface area contributed by atoms with Crippen molar-refractivity contribution in [3.8, 4) is 0 Å². The van der Waals surface area contributed by atoms with Crippen LogP contribution >= 0.6 is 15.9 Å². The molecule has 0 bridgehead atoms. The van der Waals surface area contributed by atoms with Crippen molar-refractivity contribution in [3.63, 3.8) is 0 Å². The van der Waals surface area contributed by atoms with E-state index < -0.39 is 10.0 Å².